The van der Waals surface area contributed by atoms with Gasteiger partial charge in [-0.2, -0.15) is 0 Å². The van der Waals surface area contributed by atoms with Crippen LogP contribution in [0.4, 0.5) is 5.69 Å². The lowest BCUT2D eigenvalue weighted by molar-refractivity contribution is 0.559. The Morgan fingerprint density at radius 2 is 2.06 bits per heavy atom. The van der Waals surface area contributed by atoms with Crippen molar-refractivity contribution in [2.45, 2.75) is 18.9 Å². The van der Waals surface area contributed by atoms with E-state index in [1.54, 1.807) is 18.5 Å². The number of sulfone groups is 1. The largest absolute Gasteiger partial charge is 0.380 e. The predicted octanol–water partition coefficient (Wildman–Crippen LogP) is 1.72. The maximum atomic E-state index is 11.2. The number of hydrogen-bond acceptors (Lipinski definition) is 4. The van der Waals surface area contributed by atoms with E-state index >= 15 is 0 Å². The summed E-state index contributed by atoms with van der Waals surface area (Å²) in [6.07, 6.45) is 4.55. The molecule has 0 saturated carbocycles. The van der Waals surface area contributed by atoms with Crippen LogP contribution < -0.4 is 5.32 Å². The molecule has 1 aliphatic heterocycles. The zero-order chi connectivity index (χ0) is 11.6. The zero-order valence-electron chi connectivity index (χ0n) is 8.69. The Morgan fingerprint density at radius 1 is 1.38 bits per heavy atom. The molecule has 0 spiro atoms. The van der Waals surface area contributed by atoms with Gasteiger partial charge in [-0.25, -0.2) is 8.42 Å². The molecule has 6 heteroatoms. The minimum Gasteiger partial charge on any atom is -0.380 e. The number of halogens is 1. The number of nitrogens with one attached hydrogen (secondary N) is 1. The molecule has 2 rings (SSSR count). The molecule has 1 saturated heterocycles. The summed E-state index contributed by atoms with van der Waals surface area (Å²) < 4.78 is 22.5. The smallest absolute Gasteiger partial charge is 0.150 e. The Hall–Kier alpha value is -0.810. The van der Waals surface area contributed by atoms with Gasteiger partial charge in [0, 0.05) is 12.2 Å². The van der Waals surface area contributed by atoms with Crippen molar-refractivity contribution in [2.24, 2.45) is 0 Å². The molecule has 88 valence electrons. The lowest BCUT2D eigenvalue weighted by atomic mass is 10.1. The molecule has 2 heterocycles. The summed E-state index contributed by atoms with van der Waals surface area (Å²) in [5, 5.41) is 3.84. The summed E-state index contributed by atoms with van der Waals surface area (Å²) >= 11 is 5.98. The second kappa shape index (κ2) is 4.59. The maximum Gasteiger partial charge on any atom is 0.150 e. The molecule has 1 N–H and O–H groups in total. The van der Waals surface area contributed by atoms with Gasteiger partial charge in [0.05, 0.1) is 28.4 Å². The first-order valence-corrected chi connectivity index (χ1v) is 7.33. The summed E-state index contributed by atoms with van der Waals surface area (Å²) in [7, 11) is -2.81. The van der Waals surface area contributed by atoms with Crippen molar-refractivity contribution in [3.8, 4) is 0 Å². The van der Waals surface area contributed by atoms with Gasteiger partial charge in [0.15, 0.2) is 0 Å². The molecule has 1 aliphatic rings. The molecule has 0 amide bonds. The van der Waals surface area contributed by atoms with Crippen LogP contribution in [0.2, 0.25) is 5.02 Å². The Labute approximate surface area is 99.9 Å². The van der Waals surface area contributed by atoms with E-state index in [1.807, 2.05) is 0 Å². The van der Waals surface area contributed by atoms with Gasteiger partial charge < -0.3 is 5.32 Å². The van der Waals surface area contributed by atoms with Gasteiger partial charge in [-0.15, -0.1) is 0 Å². The number of nitrogens with zero attached hydrogens (tertiary/aromatic N) is 1. The SMILES string of the molecule is O=S1(=O)CCC(Nc2cnccc2Cl)CC1. The highest BCUT2D eigenvalue weighted by molar-refractivity contribution is 7.91. The molecule has 0 atom stereocenters. The van der Waals surface area contributed by atoms with Crippen LogP contribution in [0.5, 0.6) is 0 Å². The monoisotopic (exact) mass is 260 g/mol. The molecule has 1 fully saturated rings. The number of anilines is 1. The van der Waals surface area contributed by atoms with Crippen LogP contribution in [-0.2, 0) is 9.84 Å². The van der Waals surface area contributed by atoms with Crippen LogP contribution >= 0.6 is 11.6 Å². The highest BCUT2D eigenvalue weighted by Crippen LogP contribution is 2.23. The van der Waals surface area contributed by atoms with Crippen molar-refractivity contribution < 1.29 is 8.42 Å². The van der Waals surface area contributed by atoms with E-state index in [2.05, 4.69) is 10.3 Å². The van der Waals surface area contributed by atoms with Gasteiger partial charge >= 0.3 is 0 Å². The number of rotatable bonds is 2. The third-order valence-corrected chi connectivity index (χ3v) is 4.73. The lowest BCUT2D eigenvalue weighted by Crippen LogP contribution is -2.32. The van der Waals surface area contributed by atoms with E-state index < -0.39 is 9.84 Å². The van der Waals surface area contributed by atoms with Crippen LogP contribution in [0, 0.1) is 0 Å². The zero-order valence-corrected chi connectivity index (χ0v) is 10.3. The minimum absolute atomic E-state index is 0.172. The van der Waals surface area contributed by atoms with E-state index in [0.717, 1.165) is 5.69 Å². The first-order valence-electron chi connectivity index (χ1n) is 5.13. The van der Waals surface area contributed by atoms with E-state index in [-0.39, 0.29) is 17.5 Å². The highest BCUT2D eigenvalue weighted by Gasteiger charge is 2.23. The summed E-state index contributed by atoms with van der Waals surface area (Å²) in [5.41, 5.74) is 0.772. The second-order valence-electron chi connectivity index (χ2n) is 3.93. The summed E-state index contributed by atoms with van der Waals surface area (Å²) in [6, 6.07) is 1.88. The number of aromatic nitrogens is 1. The lowest BCUT2D eigenvalue weighted by Gasteiger charge is -2.24. The summed E-state index contributed by atoms with van der Waals surface area (Å²) in [4.78, 5) is 3.97. The van der Waals surface area contributed by atoms with E-state index in [4.69, 9.17) is 11.6 Å². The molecule has 1 aromatic heterocycles. The predicted molar refractivity (Wildman–Crippen MR) is 64.5 cm³/mol. The van der Waals surface area contributed by atoms with Crippen molar-refractivity contribution in [2.75, 3.05) is 16.8 Å². The molecule has 1 aromatic rings. The average Bonchev–Trinajstić information content (AvgIpc) is 2.24. The van der Waals surface area contributed by atoms with Crippen LogP contribution in [0.25, 0.3) is 0 Å². The van der Waals surface area contributed by atoms with Gasteiger partial charge in [-0.3, -0.25) is 4.98 Å². The van der Waals surface area contributed by atoms with Crippen molar-refractivity contribution in [3.05, 3.63) is 23.5 Å². The standard InChI is InChI=1S/C10H13ClN2O2S/c11-9-1-4-12-7-10(9)13-8-2-5-16(14,15)6-3-8/h1,4,7-8,13H,2-3,5-6H2. The first-order chi connectivity index (χ1) is 7.57. The Balaban J connectivity index is 2.00. The minimum atomic E-state index is -2.81. The van der Waals surface area contributed by atoms with Crippen molar-refractivity contribution in [3.63, 3.8) is 0 Å². The van der Waals surface area contributed by atoms with Crippen LogP contribution in [0.1, 0.15) is 12.8 Å². The molecule has 0 radical (unpaired) electrons. The highest BCUT2D eigenvalue weighted by atomic mass is 35.5. The van der Waals surface area contributed by atoms with Gasteiger partial charge in [-0.1, -0.05) is 11.6 Å². The van der Waals surface area contributed by atoms with Gasteiger partial charge in [0.25, 0.3) is 0 Å². The molecular formula is C10H13ClN2O2S. The third kappa shape index (κ3) is 2.86. The quantitative estimate of drug-likeness (QED) is 0.880. The van der Waals surface area contributed by atoms with Crippen LogP contribution in [0.15, 0.2) is 18.5 Å². The number of pyridine rings is 1. The van der Waals surface area contributed by atoms with E-state index in [1.165, 1.54) is 0 Å². The van der Waals surface area contributed by atoms with E-state index in [0.29, 0.717) is 17.9 Å². The number of hydrogen-bond donors (Lipinski definition) is 1. The van der Waals surface area contributed by atoms with E-state index in [9.17, 15) is 8.42 Å². The first kappa shape index (κ1) is 11.7. The third-order valence-electron chi connectivity index (χ3n) is 2.68. The molecule has 4 nitrogen and oxygen atoms in total. The molecule has 0 bridgehead atoms. The molecule has 0 aliphatic carbocycles. The van der Waals surface area contributed by atoms with Crippen LogP contribution in [-0.4, -0.2) is 30.9 Å². The van der Waals surface area contributed by atoms with Gasteiger partial charge in [0.2, 0.25) is 0 Å². The normalized spacial score (nSPS) is 20.6. The summed E-state index contributed by atoms with van der Waals surface area (Å²) in [5.74, 6) is 0.505. The fourth-order valence-electron chi connectivity index (χ4n) is 1.74. The maximum absolute atomic E-state index is 11.2. The fraction of sp³-hybridized carbons (Fsp3) is 0.500. The molecule has 0 aromatic carbocycles. The summed E-state index contributed by atoms with van der Waals surface area (Å²) in [6.45, 7) is 0. The average molecular weight is 261 g/mol. The molecule has 0 unspecified atom stereocenters. The Bertz CT molecular complexity index is 461. The van der Waals surface area contributed by atoms with Gasteiger partial charge in [0.1, 0.15) is 9.84 Å². The molecular weight excluding hydrogens is 248 g/mol. The van der Waals surface area contributed by atoms with Crippen molar-refractivity contribution in [1.29, 1.82) is 0 Å². The molecule has 16 heavy (non-hydrogen) atoms. The van der Waals surface area contributed by atoms with Crippen LogP contribution in [0.3, 0.4) is 0 Å². The van der Waals surface area contributed by atoms with Crippen molar-refractivity contribution >= 4 is 27.1 Å². The Morgan fingerprint density at radius 3 is 2.69 bits per heavy atom. The fourth-order valence-corrected chi connectivity index (χ4v) is 3.39. The topological polar surface area (TPSA) is 59.1 Å². The Kier molecular flexibility index (Phi) is 3.35. The van der Waals surface area contributed by atoms with Gasteiger partial charge in [-0.05, 0) is 18.9 Å². The van der Waals surface area contributed by atoms with Crippen molar-refractivity contribution in [1.82, 2.24) is 4.98 Å². The second-order valence-corrected chi connectivity index (χ2v) is 6.64.